The van der Waals surface area contributed by atoms with E-state index in [1.54, 1.807) is 11.8 Å². The lowest BCUT2D eigenvalue weighted by atomic mass is 10.2. The zero-order chi connectivity index (χ0) is 13.1. The molecule has 7 nitrogen and oxygen atoms in total. The third-order valence-corrected chi connectivity index (χ3v) is 2.99. The molecule has 1 unspecified atom stereocenters. The van der Waals surface area contributed by atoms with Crippen LogP contribution in [0.4, 0.5) is 0 Å². The van der Waals surface area contributed by atoms with Crippen molar-refractivity contribution in [2.24, 2.45) is 5.73 Å². The quantitative estimate of drug-likeness (QED) is 0.733. The normalized spacial score (nSPS) is 17.5. The van der Waals surface area contributed by atoms with E-state index in [4.69, 9.17) is 22.7 Å². The molecule has 1 aromatic heterocycles. The van der Waals surface area contributed by atoms with Gasteiger partial charge in [0.25, 0.3) is 0 Å². The minimum atomic E-state index is -0.418. The molecule has 1 fully saturated rings. The Morgan fingerprint density at radius 3 is 2.78 bits per heavy atom. The maximum Gasteiger partial charge on any atom is 0.247 e. The van der Waals surface area contributed by atoms with Crippen LogP contribution in [-0.4, -0.2) is 56.9 Å². The fraction of sp³-hybridized carbons (Fsp3) is 0.600. The van der Waals surface area contributed by atoms with Crippen LogP contribution in [0.1, 0.15) is 18.8 Å². The van der Waals surface area contributed by atoms with Gasteiger partial charge < -0.3 is 15.4 Å². The molecule has 1 aliphatic rings. The van der Waals surface area contributed by atoms with Gasteiger partial charge in [-0.1, -0.05) is 12.2 Å². The van der Waals surface area contributed by atoms with E-state index in [0.29, 0.717) is 26.3 Å². The second kappa shape index (κ2) is 5.40. The molecule has 0 spiro atoms. The third-order valence-electron chi connectivity index (χ3n) is 2.81. The van der Waals surface area contributed by atoms with Gasteiger partial charge in [-0.3, -0.25) is 4.79 Å². The number of morpholine rings is 1. The molecule has 2 N–H and O–H groups in total. The van der Waals surface area contributed by atoms with Crippen LogP contribution in [0.15, 0.2) is 6.33 Å². The standard InChI is InChI=1S/C10H15N5O2S/c1-7(10(16)14-2-4-17-5-3-14)15-6-12-9(13-15)8(11)18/h6-7H,2-5H2,1H3,(H2,11,18). The summed E-state index contributed by atoms with van der Waals surface area (Å²) in [6.45, 7) is 4.15. The average Bonchev–Trinajstić information content (AvgIpc) is 2.88. The van der Waals surface area contributed by atoms with Crippen molar-refractivity contribution in [3.8, 4) is 0 Å². The topological polar surface area (TPSA) is 86.3 Å². The Kier molecular flexibility index (Phi) is 3.87. The first-order valence-corrected chi connectivity index (χ1v) is 6.08. The maximum atomic E-state index is 12.2. The first-order chi connectivity index (χ1) is 8.59. The molecule has 1 aromatic rings. The van der Waals surface area contributed by atoms with E-state index in [1.807, 2.05) is 0 Å². The van der Waals surface area contributed by atoms with E-state index in [1.165, 1.54) is 11.0 Å². The Bertz CT molecular complexity index is 455. The van der Waals surface area contributed by atoms with E-state index < -0.39 is 6.04 Å². The van der Waals surface area contributed by atoms with Crippen molar-refractivity contribution in [2.45, 2.75) is 13.0 Å². The SMILES string of the molecule is CC(C(=O)N1CCOCC1)n1cnc(C(N)=S)n1. The number of aromatic nitrogens is 3. The Balaban J connectivity index is 2.06. The molecule has 1 atom stereocenters. The van der Waals surface area contributed by atoms with Crippen molar-refractivity contribution in [1.82, 2.24) is 19.7 Å². The van der Waals surface area contributed by atoms with Crippen LogP contribution in [0.3, 0.4) is 0 Å². The highest BCUT2D eigenvalue weighted by Crippen LogP contribution is 2.10. The van der Waals surface area contributed by atoms with Gasteiger partial charge in [-0.2, -0.15) is 0 Å². The van der Waals surface area contributed by atoms with Crippen molar-refractivity contribution in [3.05, 3.63) is 12.2 Å². The van der Waals surface area contributed by atoms with Crippen molar-refractivity contribution in [1.29, 1.82) is 0 Å². The van der Waals surface area contributed by atoms with Gasteiger partial charge in [-0.05, 0) is 6.92 Å². The number of carbonyl (C=O) groups excluding carboxylic acids is 1. The van der Waals surface area contributed by atoms with E-state index in [-0.39, 0.29) is 16.7 Å². The molecule has 0 saturated carbocycles. The van der Waals surface area contributed by atoms with E-state index in [9.17, 15) is 4.79 Å². The molecule has 1 aliphatic heterocycles. The Labute approximate surface area is 110 Å². The lowest BCUT2D eigenvalue weighted by Gasteiger charge is -2.29. The van der Waals surface area contributed by atoms with Gasteiger partial charge in [0.2, 0.25) is 11.7 Å². The molecule has 0 aliphatic carbocycles. The van der Waals surface area contributed by atoms with Crippen LogP contribution in [-0.2, 0) is 9.53 Å². The highest BCUT2D eigenvalue weighted by molar-refractivity contribution is 7.80. The average molecular weight is 269 g/mol. The predicted molar refractivity (Wildman–Crippen MR) is 68.0 cm³/mol. The molecule has 18 heavy (non-hydrogen) atoms. The molecule has 1 amide bonds. The number of hydrogen-bond donors (Lipinski definition) is 1. The summed E-state index contributed by atoms with van der Waals surface area (Å²) in [5, 5.41) is 4.09. The first-order valence-electron chi connectivity index (χ1n) is 5.67. The fourth-order valence-electron chi connectivity index (χ4n) is 1.74. The summed E-state index contributed by atoms with van der Waals surface area (Å²) in [4.78, 5) is 18.0. The van der Waals surface area contributed by atoms with Gasteiger partial charge in [-0.15, -0.1) is 5.10 Å². The van der Waals surface area contributed by atoms with E-state index in [0.717, 1.165) is 0 Å². The summed E-state index contributed by atoms with van der Waals surface area (Å²) >= 11 is 4.78. The number of ether oxygens (including phenoxy) is 1. The zero-order valence-electron chi connectivity index (χ0n) is 10.1. The predicted octanol–water partition coefficient (Wildman–Crippen LogP) is -0.668. The highest BCUT2D eigenvalue weighted by atomic mass is 32.1. The van der Waals surface area contributed by atoms with Gasteiger partial charge in [-0.25, -0.2) is 9.67 Å². The monoisotopic (exact) mass is 269 g/mol. The molecule has 0 aromatic carbocycles. The zero-order valence-corrected chi connectivity index (χ0v) is 10.9. The minimum Gasteiger partial charge on any atom is -0.387 e. The third kappa shape index (κ3) is 2.65. The summed E-state index contributed by atoms with van der Waals surface area (Å²) in [6, 6.07) is -0.418. The molecular formula is C10H15N5O2S. The van der Waals surface area contributed by atoms with Gasteiger partial charge in [0, 0.05) is 13.1 Å². The summed E-state index contributed by atoms with van der Waals surface area (Å²) in [5.74, 6) is 0.282. The van der Waals surface area contributed by atoms with Crippen LogP contribution in [0, 0.1) is 0 Å². The number of carbonyl (C=O) groups is 1. The van der Waals surface area contributed by atoms with Crippen molar-refractivity contribution in [3.63, 3.8) is 0 Å². The molecule has 2 rings (SSSR count). The van der Waals surface area contributed by atoms with Crippen molar-refractivity contribution < 1.29 is 9.53 Å². The number of amides is 1. The lowest BCUT2D eigenvalue weighted by molar-refractivity contribution is -0.138. The molecule has 98 valence electrons. The lowest BCUT2D eigenvalue weighted by Crippen LogP contribution is -2.43. The first kappa shape index (κ1) is 12.9. The number of rotatable bonds is 3. The van der Waals surface area contributed by atoms with Gasteiger partial charge in [0.15, 0.2) is 0 Å². The van der Waals surface area contributed by atoms with Gasteiger partial charge >= 0.3 is 0 Å². The van der Waals surface area contributed by atoms with E-state index >= 15 is 0 Å². The summed E-state index contributed by atoms with van der Waals surface area (Å²) < 4.78 is 6.69. The molecule has 1 saturated heterocycles. The van der Waals surface area contributed by atoms with Crippen molar-refractivity contribution in [2.75, 3.05) is 26.3 Å². The number of nitrogens with two attached hydrogens (primary N) is 1. The highest BCUT2D eigenvalue weighted by Gasteiger charge is 2.24. The fourth-order valence-corrected chi connectivity index (χ4v) is 1.83. The second-order valence-electron chi connectivity index (χ2n) is 4.03. The number of thiocarbonyl (C=S) groups is 1. The summed E-state index contributed by atoms with van der Waals surface area (Å²) in [6.07, 6.45) is 1.47. The van der Waals surface area contributed by atoms with Crippen LogP contribution < -0.4 is 5.73 Å². The van der Waals surface area contributed by atoms with Gasteiger partial charge in [0.05, 0.1) is 13.2 Å². The van der Waals surface area contributed by atoms with Gasteiger partial charge in [0.1, 0.15) is 17.4 Å². The molecule has 0 bridgehead atoms. The summed E-state index contributed by atoms with van der Waals surface area (Å²) in [5.41, 5.74) is 5.43. The second-order valence-corrected chi connectivity index (χ2v) is 4.47. The number of nitrogens with zero attached hydrogens (tertiary/aromatic N) is 4. The minimum absolute atomic E-state index is 0.00214. The Morgan fingerprint density at radius 1 is 1.56 bits per heavy atom. The molecular weight excluding hydrogens is 254 g/mol. The molecule has 8 heteroatoms. The largest absolute Gasteiger partial charge is 0.387 e. The molecule has 0 radical (unpaired) electrons. The Morgan fingerprint density at radius 2 is 2.22 bits per heavy atom. The van der Waals surface area contributed by atoms with Crippen LogP contribution in [0.2, 0.25) is 0 Å². The Hall–Kier alpha value is -1.54. The van der Waals surface area contributed by atoms with Crippen LogP contribution in [0.5, 0.6) is 0 Å². The van der Waals surface area contributed by atoms with Crippen LogP contribution in [0.25, 0.3) is 0 Å². The van der Waals surface area contributed by atoms with E-state index in [2.05, 4.69) is 10.1 Å². The number of hydrogen-bond acceptors (Lipinski definition) is 5. The smallest absolute Gasteiger partial charge is 0.247 e. The van der Waals surface area contributed by atoms with Crippen LogP contribution >= 0.6 is 12.2 Å². The molecule has 2 heterocycles. The van der Waals surface area contributed by atoms with Crippen molar-refractivity contribution >= 4 is 23.1 Å². The maximum absolute atomic E-state index is 12.2. The summed E-state index contributed by atoms with van der Waals surface area (Å²) in [7, 11) is 0.